The summed E-state index contributed by atoms with van der Waals surface area (Å²) in [6.45, 7) is 4.70. The number of benzene rings is 2. The Hall–Kier alpha value is -2.50. The fraction of sp³-hybridized carbons (Fsp3) is 0.300. The van der Waals surface area contributed by atoms with Crippen LogP contribution in [0.5, 0.6) is 0 Å². The molecule has 1 N–H and O–H groups in total. The van der Waals surface area contributed by atoms with Crippen molar-refractivity contribution in [2.75, 3.05) is 0 Å². The molecule has 25 heavy (non-hydrogen) atoms. The number of fused-ring (bicyclic) bond motifs is 1. The number of rotatable bonds is 3. The molecule has 1 aromatic heterocycles. The summed E-state index contributed by atoms with van der Waals surface area (Å²) >= 11 is 0. The molecule has 1 aliphatic heterocycles. The van der Waals surface area contributed by atoms with E-state index >= 15 is 0 Å². The first-order valence-corrected chi connectivity index (χ1v) is 8.37. The lowest BCUT2D eigenvalue weighted by Gasteiger charge is -2.19. The molecular formula is C20H21N3O2. The van der Waals surface area contributed by atoms with E-state index in [0.717, 1.165) is 16.7 Å². The van der Waals surface area contributed by atoms with Crippen LogP contribution in [-0.2, 0) is 24.0 Å². The third-order valence-electron chi connectivity index (χ3n) is 4.76. The van der Waals surface area contributed by atoms with Gasteiger partial charge in [-0.1, -0.05) is 42.5 Å². The fourth-order valence-corrected chi connectivity index (χ4v) is 3.28. The van der Waals surface area contributed by atoms with E-state index in [9.17, 15) is 5.11 Å². The second-order valence-corrected chi connectivity index (χ2v) is 6.90. The summed E-state index contributed by atoms with van der Waals surface area (Å²) in [5.41, 5.74) is 3.69. The van der Waals surface area contributed by atoms with Crippen LogP contribution in [-0.4, -0.2) is 19.9 Å². The molecule has 0 amide bonds. The van der Waals surface area contributed by atoms with Gasteiger partial charge in [0.2, 0.25) is 0 Å². The van der Waals surface area contributed by atoms with Crippen LogP contribution in [0, 0.1) is 0 Å². The van der Waals surface area contributed by atoms with Gasteiger partial charge in [0.15, 0.2) is 11.6 Å². The smallest absolute Gasteiger partial charge is 0.181 e. The summed E-state index contributed by atoms with van der Waals surface area (Å²) < 4.78 is 7.46. The van der Waals surface area contributed by atoms with E-state index in [4.69, 9.17) is 4.74 Å². The lowest BCUT2D eigenvalue weighted by molar-refractivity contribution is -0.00795. The van der Waals surface area contributed by atoms with Gasteiger partial charge in [-0.2, -0.15) is 5.10 Å². The fourth-order valence-electron chi connectivity index (χ4n) is 3.28. The summed E-state index contributed by atoms with van der Waals surface area (Å²) in [5.74, 6) is 1.14. The summed E-state index contributed by atoms with van der Waals surface area (Å²) in [7, 11) is 1.80. The molecule has 0 saturated heterocycles. The summed E-state index contributed by atoms with van der Waals surface area (Å²) in [6.07, 6.45) is -0.836. The zero-order valence-corrected chi connectivity index (χ0v) is 14.6. The molecule has 0 saturated carbocycles. The van der Waals surface area contributed by atoms with Crippen LogP contribution in [0.15, 0.2) is 48.5 Å². The van der Waals surface area contributed by atoms with Crippen LogP contribution in [0.25, 0.3) is 11.4 Å². The topological polar surface area (TPSA) is 60.2 Å². The Labute approximate surface area is 146 Å². The average Bonchev–Trinajstić information content (AvgIpc) is 3.15. The van der Waals surface area contributed by atoms with Crippen molar-refractivity contribution in [2.45, 2.75) is 32.2 Å². The standard InChI is InChI=1S/C20H21N3O2/c1-20(2)16-11-14(9-10-15(16)12-25-20)17(24)19-21-18(22-23(19)3)13-7-5-4-6-8-13/h4-11,17,24H,12H2,1-3H3. The van der Waals surface area contributed by atoms with Gasteiger partial charge in [-0.05, 0) is 36.6 Å². The minimum Gasteiger partial charge on any atom is -0.380 e. The molecule has 0 bridgehead atoms. The molecular weight excluding hydrogens is 314 g/mol. The van der Waals surface area contributed by atoms with E-state index in [0.29, 0.717) is 18.3 Å². The molecule has 0 fully saturated rings. The van der Waals surface area contributed by atoms with E-state index in [-0.39, 0.29) is 5.60 Å². The van der Waals surface area contributed by atoms with Gasteiger partial charge in [0.1, 0.15) is 6.10 Å². The van der Waals surface area contributed by atoms with Crippen molar-refractivity contribution < 1.29 is 9.84 Å². The van der Waals surface area contributed by atoms with Crippen molar-refractivity contribution in [3.8, 4) is 11.4 Å². The number of aliphatic hydroxyl groups excluding tert-OH is 1. The first-order chi connectivity index (χ1) is 12.0. The van der Waals surface area contributed by atoms with Gasteiger partial charge >= 0.3 is 0 Å². The Morgan fingerprint density at radius 2 is 1.92 bits per heavy atom. The molecule has 1 unspecified atom stereocenters. The maximum atomic E-state index is 10.9. The SMILES string of the molecule is Cn1nc(-c2ccccc2)nc1C(O)c1ccc2c(c1)C(C)(C)OC2. The van der Waals surface area contributed by atoms with Gasteiger partial charge in [-0.15, -0.1) is 0 Å². The molecule has 0 aliphatic carbocycles. The van der Waals surface area contributed by atoms with Gasteiger partial charge in [0.05, 0.1) is 12.2 Å². The maximum absolute atomic E-state index is 10.9. The number of aliphatic hydroxyl groups is 1. The second-order valence-electron chi connectivity index (χ2n) is 6.90. The Balaban J connectivity index is 1.71. The lowest BCUT2D eigenvalue weighted by atomic mass is 9.93. The van der Waals surface area contributed by atoms with E-state index in [1.807, 2.05) is 62.4 Å². The third kappa shape index (κ3) is 2.75. The van der Waals surface area contributed by atoms with Crippen molar-refractivity contribution in [1.29, 1.82) is 0 Å². The van der Waals surface area contributed by atoms with Crippen LogP contribution < -0.4 is 0 Å². The van der Waals surface area contributed by atoms with E-state index in [1.165, 1.54) is 5.56 Å². The van der Waals surface area contributed by atoms with Gasteiger partial charge in [-0.25, -0.2) is 9.67 Å². The number of ether oxygens (including phenoxy) is 1. The Kier molecular flexibility index (Phi) is 3.71. The highest BCUT2D eigenvalue weighted by atomic mass is 16.5. The van der Waals surface area contributed by atoms with Crippen molar-refractivity contribution in [1.82, 2.24) is 14.8 Å². The molecule has 1 atom stereocenters. The van der Waals surface area contributed by atoms with Crippen LogP contribution in [0.4, 0.5) is 0 Å². The monoisotopic (exact) mass is 335 g/mol. The largest absolute Gasteiger partial charge is 0.380 e. The van der Waals surface area contributed by atoms with Crippen LogP contribution in [0.1, 0.15) is 42.5 Å². The summed E-state index contributed by atoms with van der Waals surface area (Å²) in [4.78, 5) is 4.56. The highest BCUT2D eigenvalue weighted by Crippen LogP contribution is 2.37. The first kappa shape index (κ1) is 16.0. The minimum absolute atomic E-state index is 0.333. The Morgan fingerprint density at radius 1 is 1.16 bits per heavy atom. The highest BCUT2D eigenvalue weighted by Gasteiger charge is 2.32. The maximum Gasteiger partial charge on any atom is 0.181 e. The second kappa shape index (κ2) is 5.79. The molecule has 1 aliphatic rings. The van der Waals surface area contributed by atoms with Crippen molar-refractivity contribution >= 4 is 0 Å². The highest BCUT2D eigenvalue weighted by molar-refractivity contribution is 5.54. The van der Waals surface area contributed by atoms with Crippen LogP contribution in [0.2, 0.25) is 0 Å². The van der Waals surface area contributed by atoms with Gasteiger partial charge in [0, 0.05) is 12.6 Å². The number of aromatic nitrogens is 3. The zero-order valence-electron chi connectivity index (χ0n) is 14.6. The molecule has 2 aromatic carbocycles. The molecule has 3 aromatic rings. The molecule has 5 nitrogen and oxygen atoms in total. The van der Waals surface area contributed by atoms with Crippen molar-refractivity contribution in [3.05, 3.63) is 71.0 Å². The van der Waals surface area contributed by atoms with Crippen LogP contribution in [0.3, 0.4) is 0 Å². The predicted octanol–water partition coefficient (Wildman–Crippen LogP) is 3.33. The van der Waals surface area contributed by atoms with Crippen molar-refractivity contribution in [2.24, 2.45) is 7.05 Å². The molecule has 4 rings (SSSR count). The Morgan fingerprint density at radius 3 is 2.68 bits per heavy atom. The number of nitrogens with zero attached hydrogens (tertiary/aromatic N) is 3. The van der Waals surface area contributed by atoms with Crippen molar-refractivity contribution in [3.63, 3.8) is 0 Å². The first-order valence-electron chi connectivity index (χ1n) is 8.37. The molecule has 128 valence electrons. The van der Waals surface area contributed by atoms with E-state index in [1.54, 1.807) is 11.7 Å². The minimum atomic E-state index is -0.836. The van der Waals surface area contributed by atoms with Gasteiger partial charge in [0.25, 0.3) is 0 Å². The summed E-state index contributed by atoms with van der Waals surface area (Å²) in [6, 6.07) is 15.7. The molecule has 5 heteroatoms. The predicted molar refractivity (Wildman–Crippen MR) is 94.8 cm³/mol. The molecule has 0 radical (unpaired) electrons. The third-order valence-corrected chi connectivity index (χ3v) is 4.76. The number of aryl methyl sites for hydroxylation is 1. The number of hydrogen-bond donors (Lipinski definition) is 1. The van der Waals surface area contributed by atoms with Gasteiger partial charge in [-0.3, -0.25) is 0 Å². The zero-order chi connectivity index (χ0) is 17.6. The summed E-state index contributed by atoms with van der Waals surface area (Å²) in [5, 5.41) is 15.3. The average molecular weight is 335 g/mol. The van der Waals surface area contributed by atoms with E-state index < -0.39 is 6.10 Å². The lowest BCUT2D eigenvalue weighted by Crippen LogP contribution is -2.15. The van der Waals surface area contributed by atoms with Crippen LogP contribution >= 0.6 is 0 Å². The molecule has 2 heterocycles. The Bertz CT molecular complexity index is 916. The molecule has 0 spiro atoms. The normalized spacial score (nSPS) is 16.6. The number of hydrogen-bond acceptors (Lipinski definition) is 4. The quantitative estimate of drug-likeness (QED) is 0.797. The van der Waals surface area contributed by atoms with Gasteiger partial charge < -0.3 is 9.84 Å². The van der Waals surface area contributed by atoms with E-state index in [2.05, 4.69) is 10.1 Å².